The molecule has 33 heavy (non-hydrogen) atoms. The van der Waals surface area contributed by atoms with Gasteiger partial charge in [0.25, 0.3) is 0 Å². The minimum Gasteiger partial charge on any atom is -0.465 e. The smallest absolute Gasteiger partial charge is 0.409 e. The maximum Gasteiger partial charge on any atom is 0.409 e. The van der Waals surface area contributed by atoms with Crippen molar-refractivity contribution in [2.75, 3.05) is 10.6 Å². The summed E-state index contributed by atoms with van der Waals surface area (Å²) in [5.74, 6) is -0.949. The zero-order chi connectivity index (χ0) is 23.2. The molecule has 0 spiro atoms. The second kappa shape index (κ2) is 9.56. The van der Waals surface area contributed by atoms with Crippen LogP contribution in [0, 0.1) is 0 Å². The molecular weight excluding hydrogens is 422 g/mol. The topological polar surface area (TPSA) is 126 Å². The molecule has 164 valence electrons. The number of nitrogens with zero attached hydrogens (tertiary/aromatic N) is 3. The van der Waals surface area contributed by atoms with E-state index in [9.17, 15) is 14.4 Å². The quantitative estimate of drug-likeness (QED) is 0.291. The van der Waals surface area contributed by atoms with Gasteiger partial charge in [0.15, 0.2) is 5.78 Å². The van der Waals surface area contributed by atoms with Crippen LogP contribution in [0.3, 0.4) is 0 Å². The van der Waals surface area contributed by atoms with Gasteiger partial charge in [0.1, 0.15) is 0 Å². The van der Waals surface area contributed by atoms with Crippen LogP contribution >= 0.6 is 0 Å². The number of ketones is 1. The summed E-state index contributed by atoms with van der Waals surface area (Å²) in [4.78, 5) is 44.8. The van der Waals surface area contributed by atoms with E-state index >= 15 is 0 Å². The number of Topliss-reactive ketones (excluding diaryl/α,β-unsaturated/α-hetero) is 1. The van der Waals surface area contributed by atoms with Gasteiger partial charge in [-0.3, -0.25) is 24.9 Å². The third-order valence-electron chi connectivity index (χ3n) is 4.79. The Morgan fingerprint density at radius 3 is 2.45 bits per heavy atom. The van der Waals surface area contributed by atoms with Gasteiger partial charge in [0.05, 0.1) is 29.7 Å². The molecule has 0 saturated carbocycles. The Hall–Kier alpha value is -4.79. The number of carbonyl (C=O) groups is 3. The van der Waals surface area contributed by atoms with Crippen molar-refractivity contribution in [3.8, 4) is 16.9 Å². The zero-order valence-electron chi connectivity index (χ0n) is 17.3. The lowest BCUT2D eigenvalue weighted by Crippen LogP contribution is -2.18. The van der Waals surface area contributed by atoms with Crippen LogP contribution in [0.25, 0.3) is 16.9 Å². The van der Waals surface area contributed by atoms with Gasteiger partial charge in [-0.15, -0.1) is 0 Å². The Morgan fingerprint density at radius 1 is 0.909 bits per heavy atom. The van der Waals surface area contributed by atoms with E-state index in [2.05, 4.69) is 20.6 Å². The number of aromatic nitrogens is 3. The lowest BCUT2D eigenvalue weighted by atomic mass is 10.0. The van der Waals surface area contributed by atoms with Crippen molar-refractivity contribution in [3.63, 3.8) is 0 Å². The van der Waals surface area contributed by atoms with E-state index in [0.717, 1.165) is 0 Å². The first kappa shape index (κ1) is 21.4. The van der Waals surface area contributed by atoms with Gasteiger partial charge < -0.3 is 15.0 Å². The van der Waals surface area contributed by atoms with Crippen LogP contribution in [0.4, 0.5) is 16.2 Å². The number of anilines is 2. The normalized spacial score (nSPS) is 10.4. The van der Waals surface area contributed by atoms with E-state index in [1.165, 1.54) is 0 Å². The SMILES string of the molecule is O=C(O)Nc1ccc(-n2cccc2)cc1NC(=O)CC(=O)c1cccc(-c2cnccn2)c1. The van der Waals surface area contributed by atoms with Crippen molar-refractivity contribution in [2.24, 2.45) is 0 Å². The standard InChI is InChI=1S/C24H19N5O4/c30-22(17-5-3-4-16(12-17)21-15-25-8-9-26-21)14-23(31)27-20-13-18(29-10-1-2-11-29)6-7-19(20)28-24(32)33/h1-13,15,28H,14H2,(H,27,31)(H,32,33). The Kier molecular flexibility index (Phi) is 6.21. The zero-order valence-corrected chi connectivity index (χ0v) is 17.3. The minimum absolute atomic E-state index is 0.198. The van der Waals surface area contributed by atoms with Gasteiger partial charge >= 0.3 is 6.09 Å². The third-order valence-corrected chi connectivity index (χ3v) is 4.79. The summed E-state index contributed by atoms with van der Waals surface area (Å²) in [6.45, 7) is 0. The summed E-state index contributed by atoms with van der Waals surface area (Å²) in [6, 6.07) is 15.4. The number of carbonyl (C=O) groups excluding carboxylic acids is 2. The molecular formula is C24H19N5O4. The molecule has 3 N–H and O–H groups in total. The molecule has 0 aliphatic rings. The van der Waals surface area contributed by atoms with Crippen LogP contribution in [0.2, 0.25) is 0 Å². The Labute approximate surface area is 188 Å². The molecule has 2 heterocycles. The second-order valence-electron chi connectivity index (χ2n) is 7.07. The fraction of sp³-hybridized carbons (Fsp3) is 0.0417. The summed E-state index contributed by atoms with van der Waals surface area (Å²) in [7, 11) is 0. The van der Waals surface area contributed by atoms with Crippen molar-refractivity contribution in [3.05, 3.63) is 91.1 Å². The number of nitrogens with one attached hydrogen (secondary N) is 2. The average Bonchev–Trinajstić information content (AvgIpc) is 3.35. The first-order valence-corrected chi connectivity index (χ1v) is 9.96. The Balaban J connectivity index is 1.52. The van der Waals surface area contributed by atoms with E-state index in [4.69, 9.17) is 5.11 Å². The van der Waals surface area contributed by atoms with Gasteiger partial charge in [-0.2, -0.15) is 0 Å². The van der Waals surface area contributed by atoms with Crippen molar-refractivity contribution >= 4 is 29.2 Å². The number of amides is 2. The van der Waals surface area contributed by atoms with Crippen LogP contribution in [0.15, 0.2) is 85.6 Å². The highest BCUT2D eigenvalue weighted by atomic mass is 16.4. The lowest BCUT2D eigenvalue weighted by Gasteiger charge is -2.13. The number of carboxylic acid groups (broad SMARTS) is 1. The predicted molar refractivity (Wildman–Crippen MR) is 122 cm³/mol. The van der Waals surface area contributed by atoms with Crippen molar-refractivity contribution in [1.82, 2.24) is 14.5 Å². The maximum absolute atomic E-state index is 12.7. The summed E-state index contributed by atoms with van der Waals surface area (Å²) >= 11 is 0. The molecule has 0 atom stereocenters. The van der Waals surface area contributed by atoms with E-state index in [1.54, 1.807) is 61.1 Å². The molecule has 0 aliphatic heterocycles. The van der Waals surface area contributed by atoms with Gasteiger partial charge in [0.2, 0.25) is 5.91 Å². The van der Waals surface area contributed by atoms with Crippen LogP contribution in [0.5, 0.6) is 0 Å². The molecule has 0 bridgehead atoms. The van der Waals surface area contributed by atoms with Crippen LogP contribution < -0.4 is 10.6 Å². The fourth-order valence-corrected chi connectivity index (χ4v) is 3.27. The molecule has 2 aromatic heterocycles. The predicted octanol–water partition coefficient (Wildman–Crippen LogP) is 4.24. The van der Waals surface area contributed by atoms with Crippen LogP contribution in [-0.2, 0) is 4.79 Å². The van der Waals surface area contributed by atoms with Crippen molar-refractivity contribution in [1.29, 1.82) is 0 Å². The molecule has 4 rings (SSSR count). The van der Waals surface area contributed by atoms with Gasteiger partial charge in [-0.1, -0.05) is 18.2 Å². The molecule has 9 heteroatoms. The van der Waals surface area contributed by atoms with E-state index in [-0.39, 0.29) is 17.2 Å². The van der Waals surface area contributed by atoms with E-state index < -0.39 is 18.4 Å². The molecule has 9 nitrogen and oxygen atoms in total. The number of rotatable bonds is 7. The van der Waals surface area contributed by atoms with Crippen molar-refractivity contribution < 1.29 is 19.5 Å². The van der Waals surface area contributed by atoms with E-state index in [0.29, 0.717) is 22.5 Å². The monoisotopic (exact) mass is 441 g/mol. The lowest BCUT2D eigenvalue weighted by molar-refractivity contribution is -0.115. The minimum atomic E-state index is -1.27. The van der Waals surface area contributed by atoms with E-state index in [1.807, 2.05) is 29.1 Å². The molecule has 4 aromatic rings. The molecule has 2 aromatic carbocycles. The Bertz CT molecular complexity index is 1300. The molecule has 0 unspecified atom stereocenters. The number of hydrogen-bond donors (Lipinski definition) is 3. The summed E-state index contributed by atoms with van der Waals surface area (Å²) in [6.07, 6.45) is 6.66. The Morgan fingerprint density at radius 2 is 1.73 bits per heavy atom. The number of hydrogen-bond acceptors (Lipinski definition) is 5. The van der Waals surface area contributed by atoms with Crippen LogP contribution in [0.1, 0.15) is 16.8 Å². The van der Waals surface area contributed by atoms with Gasteiger partial charge in [-0.25, -0.2) is 4.79 Å². The summed E-state index contributed by atoms with van der Waals surface area (Å²) < 4.78 is 1.81. The van der Waals surface area contributed by atoms with Gasteiger partial charge in [-0.05, 0) is 36.4 Å². The average molecular weight is 441 g/mol. The highest BCUT2D eigenvalue weighted by Gasteiger charge is 2.16. The fourth-order valence-electron chi connectivity index (χ4n) is 3.27. The summed E-state index contributed by atoms with van der Waals surface area (Å²) in [5, 5.41) is 14.0. The summed E-state index contributed by atoms with van der Waals surface area (Å²) in [5.41, 5.74) is 2.84. The molecule has 0 radical (unpaired) electrons. The largest absolute Gasteiger partial charge is 0.465 e. The van der Waals surface area contributed by atoms with Crippen molar-refractivity contribution in [2.45, 2.75) is 6.42 Å². The molecule has 0 fully saturated rings. The third kappa shape index (κ3) is 5.28. The molecule has 0 aliphatic carbocycles. The first-order valence-electron chi connectivity index (χ1n) is 9.96. The highest BCUT2D eigenvalue weighted by Crippen LogP contribution is 2.26. The first-order chi connectivity index (χ1) is 16.0. The molecule has 0 saturated heterocycles. The second-order valence-corrected chi connectivity index (χ2v) is 7.07. The maximum atomic E-state index is 12.7. The van der Waals surface area contributed by atoms with Gasteiger partial charge in [0, 0.05) is 41.6 Å². The van der Waals surface area contributed by atoms with Crippen LogP contribution in [-0.4, -0.2) is 37.4 Å². The number of benzene rings is 2. The molecule has 2 amide bonds. The highest BCUT2D eigenvalue weighted by molar-refractivity contribution is 6.12.